The van der Waals surface area contributed by atoms with Gasteiger partial charge in [-0.05, 0) is 29.8 Å². The standard InChI is InChI=1S/C16H10F3NO4/c17-16(18,19)11-7-5-10(6-8-11)9-13(15(21)22)12-3-1-2-4-14(12)20(23)24/h1-9H,(H,21,22)/b13-9+. The first kappa shape index (κ1) is 17.2. The van der Waals surface area contributed by atoms with Gasteiger partial charge in [0.05, 0.1) is 21.6 Å². The molecule has 0 atom stereocenters. The van der Waals surface area contributed by atoms with E-state index in [9.17, 15) is 33.2 Å². The molecule has 2 aromatic rings. The van der Waals surface area contributed by atoms with Gasteiger partial charge in [0.15, 0.2) is 0 Å². The molecule has 1 N–H and O–H groups in total. The first-order valence-electron chi connectivity index (χ1n) is 6.56. The minimum atomic E-state index is -4.50. The Balaban J connectivity index is 2.51. The molecule has 0 spiro atoms. The second-order valence-electron chi connectivity index (χ2n) is 4.76. The summed E-state index contributed by atoms with van der Waals surface area (Å²) in [5.74, 6) is -1.43. The maximum absolute atomic E-state index is 12.5. The molecule has 0 amide bonds. The molecule has 0 unspecified atom stereocenters. The van der Waals surface area contributed by atoms with Gasteiger partial charge in [-0.3, -0.25) is 10.1 Å². The average Bonchev–Trinajstić information content (AvgIpc) is 2.52. The van der Waals surface area contributed by atoms with Crippen molar-refractivity contribution in [3.63, 3.8) is 0 Å². The number of benzene rings is 2. The molecule has 124 valence electrons. The van der Waals surface area contributed by atoms with Crippen molar-refractivity contribution < 1.29 is 28.0 Å². The van der Waals surface area contributed by atoms with Gasteiger partial charge in [0.1, 0.15) is 0 Å². The lowest BCUT2D eigenvalue weighted by molar-refractivity contribution is -0.385. The lowest BCUT2D eigenvalue weighted by atomic mass is 10.0. The summed E-state index contributed by atoms with van der Waals surface area (Å²) < 4.78 is 37.6. The van der Waals surface area contributed by atoms with Crippen molar-refractivity contribution in [1.82, 2.24) is 0 Å². The zero-order valence-electron chi connectivity index (χ0n) is 11.9. The summed E-state index contributed by atoms with van der Waals surface area (Å²) >= 11 is 0. The van der Waals surface area contributed by atoms with Crippen LogP contribution < -0.4 is 0 Å². The Hall–Kier alpha value is -3.16. The molecule has 0 fully saturated rings. The molecule has 5 nitrogen and oxygen atoms in total. The van der Waals surface area contributed by atoms with Gasteiger partial charge in [-0.15, -0.1) is 0 Å². The van der Waals surface area contributed by atoms with E-state index in [2.05, 4.69) is 0 Å². The Kier molecular flexibility index (Phi) is 4.68. The zero-order chi connectivity index (χ0) is 17.9. The van der Waals surface area contributed by atoms with Gasteiger partial charge in [-0.2, -0.15) is 13.2 Å². The topological polar surface area (TPSA) is 80.4 Å². The molecule has 0 heterocycles. The van der Waals surface area contributed by atoms with Crippen molar-refractivity contribution in [1.29, 1.82) is 0 Å². The molecule has 0 aliphatic rings. The minimum Gasteiger partial charge on any atom is -0.478 e. The molecule has 0 aromatic heterocycles. The number of aliphatic carboxylic acids is 1. The van der Waals surface area contributed by atoms with Crippen LogP contribution in [0.3, 0.4) is 0 Å². The molecule has 0 saturated carbocycles. The van der Waals surface area contributed by atoms with E-state index in [1.54, 1.807) is 0 Å². The molecule has 0 bridgehead atoms. The summed E-state index contributed by atoms with van der Waals surface area (Å²) in [5, 5.41) is 20.3. The van der Waals surface area contributed by atoms with Gasteiger partial charge < -0.3 is 5.11 Å². The maximum atomic E-state index is 12.5. The largest absolute Gasteiger partial charge is 0.478 e. The third-order valence-electron chi connectivity index (χ3n) is 3.17. The predicted molar refractivity (Wildman–Crippen MR) is 80.0 cm³/mol. The van der Waals surface area contributed by atoms with Gasteiger partial charge >= 0.3 is 12.1 Å². The summed E-state index contributed by atoms with van der Waals surface area (Å²) in [6.07, 6.45) is -3.42. The van der Waals surface area contributed by atoms with Crippen LogP contribution >= 0.6 is 0 Å². The van der Waals surface area contributed by atoms with Crippen LogP contribution in [0, 0.1) is 10.1 Å². The van der Waals surface area contributed by atoms with Crippen LogP contribution in [0.2, 0.25) is 0 Å². The van der Waals surface area contributed by atoms with E-state index in [4.69, 9.17) is 0 Å². The minimum absolute atomic E-state index is 0.130. The van der Waals surface area contributed by atoms with E-state index in [0.29, 0.717) is 0 Å². The Morgan fingerprint density at radius 1 is 1.08 bits per heavy atom. The number of carboxylic acid groups (broad SMARTS) is 1. The number of halogens is 3. The zero-order valence-corrected chi connectivity index (χ0v) is 11.9. The number of rotatable bonds is 4. The summed E-state index contributed by atoms with van der Waals surface area (Å²) in [6, 6.07) is 9.06. The first-order valence-corrected chi connectivity index (χ1v) is 6.56. The van der Waals surface area contributed by atoms with Crippen molar-refractivity contribution >= 4 is 23.3 Å². The third-order valence-corrected chi connectivity index (χ3v) is 3.17. The third kappa shape index (κ3) is 3.78. The molecule has 0 aliphatic heterocycles. The summed E-state index contributed by atoms with van der Waals surface area (Å²) in [7, 11) is 0. The van der Waals surface area contributed by atoms with E-state index in [1.807, 2.05) is 0 Å². The molecule has 0 saturated heterocycles. The fraction of sp³-hybridized carbons (Fsp3) is 0.0625. The number of carboxylic acids is 1. The van der Waals surface area contributed by atoms with Crippen molar-refractivity contribution in [3.8, 4) is 0 Å². The fourth-order valence-corrected chi connectivity index (χ4v) is 2.05. The van der Waals surface area contributed by atoms with E-state index in [0.717, 1.165) is 36.4 Å². The number of nitrogens with zero attached hydrogens (tertiary/aromatic N) is 1. The highest BCUT2D eigenvalue weighted by atomic mass is 19.4. The molecular weight excluding hydrogens is 327 g/mol. The van der Waals surface area contributed by atoms with Crippen LogP contribution in [0.5, 0.6) is 0 Å². The van der Waals surface area contributed by atoms with Crippen LogP contribution in [0.25, 0.3) is 11.6 Å². The highest BCUT2D eigenvalue weighted by molar-refractivity contribution is 6.21. The van der Waals surface area contributed by atoms with Crippen molar-refractivity contribution in [2.75, 3.05) is 0 Å². The van der Waals surface area contributed by atoms with E-state index < -0.39 is 28.3 Å². The molecule has 2 rings (SSSR count). The summed E-state index contributed by atoms with van der Waals surface area (Å²) in [4.78, 5) is 21.7. The number of para-hydroxylation sites is 1. The van der Waals surface area contributed by atoms with E-state index in [1.165, 1.54) is 18.2 Å². The highest BCUT2D eigenvalue weighted by Crippen LogP contribution is 2.31. The second kappa shape index (κ2) is 6.53. The average molecular weight is 337 g/mol. The molecule has 24 heavy (non-hydrogen) atoms. The summed E-state index contributed by atoms with van der Waals surface area (Å²) in [6.45, 7) is 0. The van der Waals surface area contributed by atoms with Crippen LogP contribution in [0.1, 0.15) is 16.7 Å². The van der Waals surface area contributed by atoms with E-state index >= 15 is 0 Å². The second-order valence-corrected chi connectivity index (χ2v) is 4.76. The smallest absolute Gasteiger partial charge is 0.416 e. The molecule has 0 aliphatic carbocycles. The predicted octanol–water partition coefficient (Wildman–Crippen LogP) is 4.24. The monoisotopic (exact) mass is 337 g/mol. The number of hydrogen-bond donors (Lipinski definition) is 1. The number of nitro groups is 1. The van der Waals surface area contributed by atoms with E-state index in [-0.39, 0.29) is 16.7 Å². The van der Waals surface area contributed by atoms with Crippen molar-refractivity contribution in [3.05, 3.63) is 75.3 Å². The van der Waals surface area contributed by atoms with Gasteiger partial charge in [0.2, 0.25) is 0 Å². The molecule has 8 heteroatoms. The molecule has 2 aromatic carbocycles. The Labute approximate surface area is 133 Å². The van der Waals surface area contributed by atoms with Crippen LogP contribution in [-0.4, -0.2) is 16.0 Å². The van der Waals surface area contributed by atoms with Crippen LogP contribution in [0.15, 0.2) is 48.5 Å². The van der Waals surface area contributed by atoms with Gasteiger partial charge in [0, 0.05) is 6.07 Å². The molecular formula is C16H10F3NO4. The Morgan fingerprint density at radius 3 is 2.17 bits per heavy atom. The quantitative estimate of drug-likeness (QED) is 0.392. The Morgan fingerprint density at radius 2 is 1.67 bits per heavy atom. The number of carbonyl (C=O) groups is 1. The number of hydrogen-bond acceptors (Lipinski definition) is 3. The molecule has 0 radical (unpaired) electrons. The fourth-order valence-electron chi connectivity index (χ4n) is 2.05. The Bertz CT molecular complexity index is 811. The highest BCUT2D eigenvalue weighted by Gasteiger charge is 2.30. The maximum Gasteiger partial charge on any atom is 0.416 e. The van der Waals surface area contributed by atoms with Gasteiger partial charge in [-0.1, -0.05) is 24.3 Å². The van der Waals surface area contributed by atoms with Crippen LogP contribution in [-0.2, 0) is 11.0 Å². The first-order chi connectivity index (χ1) is 11.2. The number of alkyl halides is 3. The van der Waals surface area contributed by atoms with Crippen molar-refractivity contribution in [2.45, 2.75) is 6.18 Å². The van der Waals surface area contributed by atoms with Gasteiger partial charge in [0.25, 0.3) is 5.69 Å². The lowest BCUT2D eigenvalue weighted by Gasteiger charge is -2.07. The van der Waals surface area contributed by atoms with Crippen LogP contribution in [0.4, 0.5) is 18.9 Å². The van der Waals surface area contributed by atoms with Gasteiger partial charge in [-0.25, -0.2) is 4.79 Å². The van der Waals surface area contributed by atoms with Crippen molar-refractivity contribution in [2.24, 2.45) is 0 Å². The normalized spacial score (nSPS) is 12.0. The summed E-state index contributed by atoms with van der Waals surface area (Å²) in [5.41, 5.74) is -1.62. The lowest BCUT2D eigenvalue weighted by Crippen LogP contribution is -2.05. The number of nitro benzene ring substituents is 1. The SMILES string of the molecule is O=C(O)/C(=C/c1ccc(C(F)(F)F)cc1)c1ccccc1[N+](=O)[O-].